The van der Waals surface area contributed by atoms with Gasteiger partial charge >= 0.3 is 0 Å². The fraction of sp³-hybridized carbons (Fsp3) is 0. The van der Waals surface area contributed by atoms with Crippen molar-refractivity contribution in [2.45, 2.75) is 0 Å². The maximum absolute atomic E-state index is 10.4. The highest BCUT2D eigenvalue weighted by Crippen LogP contribution is 2.19. The molecule has 0 aliphatic heterocycles. The van der Waals surface area contributed by atoms with Crippen LogP contribution in [0.25, 0.3) is 21.9 Å². The molecule has 0 aliphatic rings. The molecule has 0 fully saturated rings. The van der Waals surface area contributed by atoms with Gasteiger partial charge in [-0.25, -0.2) is 4.98 Å². The molecule has 2 aromatic carbocycles. The van der Waals surface area contributed by atoms with Crippen LogP contribution in [0.4, 0.5) is 11.4 Å². The second-order valence-corrected chi connectivity index (χ2v) is 4.87. The summed E-state index contributed by atoms with van der Waals surface area (Å²) in [4.78, 5) is 29.6. The summed E-state index contributed by atoms with van der Waals surface area (Å²) in [7, 11) is 0. The van der Waals surface area contributed by atoms with Gasteiger partial charge in [0, 0.05) is 41.4 Å². The highest BCUT2D eigenvalue weighted by molar-refractivity contribution is 5.81. The predicted octanol–water partition coefficient (Wildman–Crippen LogP) is 3.55. The monoisotopic (exact) mass is 325 g/mol. The quantitative estimate of drug-likeness (QED) is 0.430. The van der Waals surface area contributed by atoms with Gasteiger partial charge in [0.25, 0.3) is 11.4 Å². The molecule has 2 N–H and O–H groups in total. The highest BCUT2D eigenvalue weighted by Gasteiger charge is 2.06. The summed E-state index contributed by atoms with van der Waals surface area (Å²) >= 11 is 0. The van der Waals surface area contributed by atoms with Crippen molar-refractivity contribution in [2.75, 3.05) is 0 Å². The van der Waals surface area contributed by atoms with Crippen LogP contribution in [-0.2, 0) is 0 Å². The molecule has 0 atom stereocenters. The number of H-pyrrole nitrogens is 2. The lowest BCUT2D eigenvalue weighted by atomic mass is 10.2. The minimum Gasteiger partial charge on any atom is -0.361 e. The Kier molecular flexibility index (Phi) is 3.89. The van der Waals surface area contributed by atoms with Crippen molar-refractivity contribution < 1.29 is 9.85 Å². The predicted molar refractivity (Wildman–Crippen MR) is 87.7 cm³/mol. The van der Waals surface area contributed by atoms with E-state index in [1.165, 1.54) is 24.5 Å². The average Bonchev–Trinajstić information content (AvgIpc) is 3.22. The van der Waals surface area contributed by atoms with E-state index in [0.29, 0.717) is 5.52 Å². The van der Waals surface area contributed by atoms with E-state index in [0.717, 1.165) is 16.4 Å². The molecule has 4 aromatic rings. The summed E-state index contributed by atoms with van der Waals surface area (Å²) in [6.45, 7) is 0. The summed E-state index contributed by atoms with van der Waals surface area (Å²) in [5.41, 5.74) is 2.54. The van der Waals surface area contributed by atoms with Gasteiger partial charge in [0.05, 0.1) is 27.2 Å². The molecule has 0 saturated heterocycles. The Labute approximate surface area is 134 Å². The first-order valence-electron chi connectivity index (χ1n) is 6.83. The second kappa shape index (κ2) is 6.16. The average molecular weight is 325 g/mol. The molecule has 0 amide bonds. The summed E-state index contributed by atoms with van der Waals surface area (Å²) in [5.74, 6) is 0. The number of nitrogens with zero attached hydrogens (tertiary/aromatic N) is 3. The standard InChI is InChI=1S/C8H6N2O2.C7H5N3O2/c11-10(12)7-1-2-8-6(5-7)3-4-9-8;11-10(12)5-1-2-6-7(3-5)9-4-8-6/h1-5,9H;1-4H,(H,8,9). The molecule has 24 heavy (non-hydrogen) atoms. The van der Waals surface area contributed by atoms with Crippen LogP contribution in [0.15, 0.2) is 55.0 Å². The van der Waals surface area contributed by atoms with Gasteiger partial charge in [-0.05, 0) is 18.2 Å². The smallest absolute Gasteiger partial charge is 0.271 e. The van der Waals surface area contributed by atoms with Crippen molar-refractivity contribution >= 4 is 33.3 Å². The van der Waals surface area contributed by atoms with Crippen LogP contribution in [0, 0.1) is 20.2 Å². The number of non-ortho nitro benzene ring substituents is 2. The lowest BCUT2D eigenvalue weighted by Crippen LogP contribution is -1.86. The molecule has 2 aromatic heterocycles. The van der Waals surface area contributed by atoms with E-state index in [9.17, 15) is 20.2 Å². The van der Waals surface area contributed by atoms with E-state index in [4.69, 9.17) is 0 Å². The SMILES string of the molecule is O=[N+]([O-])c1ccc2[nH]ccc2c1.O=[N+]([O-])c1ccc2nc[nH]c2c1. The minimum atomic E-state index is -0.430. The van der Waals surface area contributed by atoms with E-state index in [1.807, 2.05) is 6.07 Å². The normalized spacial score (nSPS) is 10.3. The fourth-order valence-corrected chi connectivity index (χ4v) is 2.19. The van der Waals surface area contributed by atoms with Crippen molar-refractivity contribution in [2.24, 2.45) is 0 Å². The molecule has 0 aliphatic carbocycles. The van der Waals surface area contributed by atoms with E-state index in [-0.39, 0.29) is 11.4 Å². The fourth-order valence-electron chi connectivity index (χ4n) is 2.19. The Morgan fingerprint density at radius 1 is 0.833 bits per heavy atom. The number of nitro benzene ring substituents is 2. The highest BCUT2D eigenvalue weighted by atomic mass is 16.6. The molecule has 0 radical (unpaired) electrons. The zero-order valence-electron chi connectivity index (χ0n) is 12.2. The summed E-state index contributed by atoms with van der Waals surface area (Å²) in [5, 5.41) is 21.6. The Balaban J connectivity index is 0.000000141. The van der Waals surface area contributed by atoms with Crippen LogP contribution in [0.5, 0.6) is 0 Å². The molecular formula is C15H11N5O4. The molecule has 9 nitrogen and oxygen atoms in total. The number of nitro groups is 2. The Morgan fingerprint density at radius 3 is 2.29 bits per heavy atom. The summed E-state index contributed by atoms with van der Waals surface area (Å²) < 4.78 is 0. The third-order valence-electron chi connectivity index (χ3n) is 3.36. The first kappa shape index (κ1) is 15.2. The molecule has 0 saturated carbocycles. The van der Waals surface area contributed by atoms with E-state index in [2.05, 4.69) is 15.0 Å². The molecule has 0 bridgehead atoms. The van der Waals surface area contributed by atoms with Crippen LogP contribution >= 0.6 is 0 Å². The number of fused-ring (bicyclic) bond motifs is 2. The van der Waals surface area contributed by atoms with Gasteiger partial charge in [0.15, 0.2) is 0 Å². The Hall–Kier alpha value is -3.75. The number of hydrogen-bond donors (Lipinski definition) is 2. The maximum atomic E-state index is 10.4. The largest absolute Gasteiger partial charge is 0.361 e. The number of aromatic nitrogens is 3. The van der Waals surface area contributed by atoms with E-state index in [1.54, 1.807) is 24.4 Å². The first-order valence-corrected chi connectivity index (χ1v) is 6.83. The summed E-state index contributed by atoms with van der Waals surface area (Å²) in [6, 6.07) is 11.1. The maximum Gasteiger partial charge on any atom is 0.271 e. The molecule has 120 valence electrons. The molecular weight excluding hydrogens is 314 g/mol. The second-order valence-electron chi connectivity index (χ2n) is 4.87. The van der Waals surface area contributed by atoms with E-state index >= 15 is 0 Å². The number of rotatable bonds is 2. The van der Waals surface area contributed by atoms with Gasteiger partial charge in [-0.15, -0.1) is 0 Å². The van der Waals surface area contributed by atoms with Crippen LogP contribution in [0.2, 0.25) is 0 Å². The molecule has 0 unspecified atom stereocenters. The van der Waals surface area contributed by atoms with Crippen molar-refractivity contribution in [1.29, 1.82) is 0 Å². The van der Waals surface area contributed by atoms with Gasteiger partial charge < -0.3 is 9.97 Å². The van der Waals surface area contributed by atoms with Gasteiger partial charge in [0.1, 0.15) is 0 Å². The number of aromatic amines is 2. The Bertz CT molecular complexity index is 952. The van der Waals surface area contributed by atoms with Crippen molar-refractivity contribution in [1.82, 2.24) is 15.0 Å². The molecule has 0 spiro atoms. The topological polar surface area (TPSA) is 131 Å². The molecule has 2 heterocycles. The van der Waals surface area contributed by atoms with Crippen LogP contribution in [0.3, 0.4) is 0 Å². The van der Waals surface area contributed by atoms with Crippen LogP contribution in [-0.4, -0.2) is 24.8 Å². The minimum absolute atomic E-state index is 0.0757. The van der Waals surface area contributed by atoms with Gasteiger partial charge in [0.2, 0.25) is 0 Å². The number of benzene rings is 2. The van der Waals surface area contributed by atoms with Crippen molar-refractivity contribution in [3.05, 3.63) is 75.2 Å². The molecule has 9 heteroatoms. The number of imidazole rings is 1. The lowest BCUT2D eigenvalue weighted by molar-refractivity contribution is -0.384. The van der Waals surface area contributed by atoms with Gasteiger partial charge in [-0.2, -0.15) is 0 Å². The number of hydrogen-bond acceptors (Lipinski definition) is 5. The lowest BCUT2D eigenvalue weighted by Gasteiger charge is -1.90. The first-order chi connectivity index (χ1) is 11.5. The third-order valence-corrected chi connectivity index (χ3v) is 3.36. The van der Waals surface area contributed by atoms with Crippen molar-refractivity contribution in [3.8, 4) is 0 Å². The van der Waals surface area contributed by atoms with Crippen LogP contribution < -0.4 is 0 Å². The summed E-state index contributed by atoms with van der Waals surface area (Å²) in [6.07, 6.45) is 3.27. The van der Waals surface area contributed by atoms with E-state index < -0.39 is 9.85 Å². The van der Waals surface area contributed by atoms with Gasteiger partial charge in [-0.1, -0.05) is 0 Å². The van der Waals surface area contributed by atoms with Gasteiger partial charge in [-0.3, -0.25) is 20.2 Å². The third kappa shape index (κ3) is 3.04. The Morgan fingerprint density at radius 2 is 1.54 bits per heavy atom. The molecule has 4 rings (SSSR count). The van der Waals surface area contributed by atoms with Crippen molar-refractivity contribution in [3.63, 3.8) is 0 Å². The van der Waals surface area contributed by atoms with Crippen LogP contribution in [0.1, 0.15) is 0 Å². The zero-order chi connectivity index (χ0) is 17.1. The zero-order valence-corrected chi connectivity index (χ0v) is 12.2. The number of nitrogens with one attached hydrogen (secondary N) is 2.